The van der Waals surface area contributed by atoms with E-state index in [1.807, 2.05) is 0 Å². The normalized spacial score (nSPS) is 12.3. The molecule has 0 radical (unpaired) electrons. The van der Waals surface area contributed by atoms with Crippen LogP contribution in [0.2, 0.25) is 0 Å². The highest BCUT2D eigenvalue weighted by molar-refractivity contribution is 5.94. The molecule has 2 N–H and O–H groups in total. The minimum Gasteiger partial charge on any atom is -0.467 e. The van der Waals surface area contributed by atoms with Crippen molar-refractivity contribution in [3.8, 4) is 5.75 Å². The minimum atomic E-state index is -2.92. The quantitative estimate of drug-likeness (QED) is 0.856. The molecule has 1 atom stereocenters. The van der Waals surface area contributed by atoms with Crippen molar-refractivity contribution in [2.75, 3.05) is 6.54 Å². The molecule has 0 aliphatic rings. The number of carbonyl (C=O) groups is 1. The molecule has 124 valence electrons. The van der Waals surface area contributed by atoms with Gasteiger partial charge in [-0.25, -0.2) is 0 Å². The fourth-order valence-corrected chi connectivity index (χ4v) is 2.23. The van der Waals surface area contributed by atoms with Crippen molar-refractivity contribution in [1.29, 1.82) is 0 Å². The number of ether oxygens (including phenoxy) is 1. The Bertz CT molecular complexity index is 648. The Labute approximate surface area is 131 Å². The van der Waals surface area contributed by atoms with Gasteiger partial charge >= 0.3 is 6.61 Å². The summed E-state index contributed by atoms with van der Waals surface area (Å²) >= 11 is 0. The first kappa shape index (κ1) is 17.0. The molecule has 1 amide bonds. The second kappa shape index (κ2) is 7.23. The van der Waals surface area contributed by atoms with Crippen LogP contribution < -0.4 is 10.1 Å². The number of nitrogens with one attached hydrogen (secondary N) is 1. The van der Waals surface area contributed by atoms with Crippen LogP contribution in [-0.4, -0.2) is 24.2 Å². The van der Waals surface area contributed by atoms with Crippen molar-refractivity contribution >= 4 is 5.91 Å². The van der Waals surface area contributed by atoms with E-state index < -0.39 is 18.6 Å². The van der Waals surface area contributed by atoms with Gasteiger partial charge in [0, 0.05) is 5.56 Å². The van der Waals surface area contributed by atoms with Crippen LogP contribution in [0.3, 0.4) is 0 Å². The van der Waals surface area contributed by atoms with Crippen LogP contribution in [-0.2, 0) is 0 Å². The molecule has 1 aromatic carbocycles. The lowest BCUT2D eigenvalue weighted by Gasteiger charge is -2.14. The van der Waals surface area contributed by atoms with Gasteiger partial charge < -0.3 is 19.6 Å². The van der Waals surface area contributed by atoms with Gasteiger partial charge in [0.25, 0.3) is 5.91 Å². The van der Waals surface area contributed by atoms with E-state index in [2.05, 4.69) is 10.1 Å². The lowest BCUT2D eigenvalue weighted by Crippen LogP contribution is -2.28. The van der Waals surface area contributed by atoms with Crippen molar-refractivity contribution in [1.82, 2.24) is 5.32 Å². The smallest absolute Gasteiger partial charge is 0.387 e. The first-order valence-electron chi connectivity index (χ1n) is 6.94. The highest BCUT2D eigenvalue weighted by atomic mass is 19.3. The van der Waals surface area contributed by atoms with Crippen LogP contribution in [0.5, 0.6) is 5.75 Å². The average Bonchev–Trinajstić information content (AvgIpc) is 3.02. The molecule has 1 unspecified atom stereocenters. The minimum absolute atomic E-state index is 0.0280. The molecule has 5 nitrogen and oxygen atoms in total. The summed E-state index contributed by atoms with van der Waals surface area (Å²) in [5.74, 6) is -0.0177. The average molecular weight is 325 g/mol. The molecule has 23 heavy (non-hydrogen) atoms. The highest BCUT2D eigenvalue weighted by Crippen LogP contribution is 2.26. The molecule has 7 heteroatoms. The van der Waals surface area contributed by atoms with Crippen LogP contribution >= 0.6 is 0 Å². The van der Waals surface area contributed by atoms with E-state index >= 15 is 0 Å². The Hall–Kier alpha value is -2.41. The molecule has 1 heterocycles. The molecular weight excluding hydrogens is 308 g/mol. The number of aliphatic hydroxyl groups is 1. The van der Waals surface area contributed by atoms with Gasteiger partial charge in [-0.05, 0) is 49.2 Å². The summed E-state index contributed by atoms with van der Waals surface area (Å²) in [6, 6.07) is 6.15. The van der Waals surface area contributed by atoms with Crippen molar-refractivity contribution in [3.05, 3.63) is 53.0 Å². The van der Waals surface area contributed by atoms with Crippen molar-refractivity contribution in [2.45, 2.75) is 26.6 Å². The van der Waals surface area contributed by atoms with E-state index in [-0.39, 0.29) is 12.3 Å². The number of rotatable bonds is 6. The van der Waals surface area contributed by atoms with Gasteiger partial charge in [0.2, 0.25) is 0 Å². The monoisotopic (exact) mass is 325 g/mol. The van der Waals surface area contributed by atoms with E-state index in [0.29, 0.717) is 22.5 Å². The van der Waals surface area contributed by atoms with Crippen LogP contribution in [0.25, 0.3) is 0 Å². The number of hydrogen-bond donors (Lipinski definition) is 2. The van der Waals surface area contributed by atoms with Crippen molar-refractivity contribution < 1.29 is 27.8 Å². The fraction of sp³-hybridized carbons (Fsp3) is 0.312. The number of hydrogen-bond acceptors (Lipinski definition) is 4. The Morgan fingerprint density at radius 3 is 2.52 bits per heavy atom. The second-order valence-corrected chi connectivity index (χ2v) is 5.06. The van der Waals surface area contributed by atoms with Gasteiger partial charge in [-0.1, -0.05) is 0 Å². The van der Waals surface area contributed by atoms with E-state index in [1.54, 1.807) is 26.0 Å². The third-order valence-electron chi connectivity index (χ3n) is 3.26. The van der Waals surface area contributed by atoms with Gasteiger partial charge in [-0.15, -0.1) is 0 Å². The Kier molecular flexibility index (Phi) is 5.33. The van der Waals surface area contributed by atoms with Gasteiger partial charge in [-0.3, -0.25) is 4.79 Å². The molecule has 2 aromatic rings. The third-order valence-corrected chi connectivity index (χ3v) is 3.26. The number of aliphatic hydroxyl groups excluding tert-OH is 1. The van der Waals surface area contributed by atoms with Gasteiger partial charge in [0.05, 0.1) is 12.8 Å². The molecule has 0 aliphatic heterocycles. The predicted octanol–water partition coefficient (Wildman–Crippen LogP) is 2.96. The predicted molar refractivity (Wildman–Crippen MR) is 78.5 cm³/mol. The molecule has 0 spiro atoms. The highest BCUT2D eigenvalue weighted by Gasteiger charge is 2.16. The van der Waals surface area contributed by atoms with Crippen LogP contribution in [0.4, 0.5) is 8.78 Å². The van der Waals surface area contributed by atoms with Gasteiger partial charge in [-0.2, -0.15) is 8.78 Å². The summed E-state index contributed by atoms with van der Waals surface area (Å²) < 4.78 is 34.2. The Morgan fingerprint density at radius 2 is 2.00 bits per heavy atom. The van der Waals surface area contributed by atoms with Crippen molar-refractivity contribution in [3.63, 3.8) is 0 Å². The fourth-order valence-electron chi connectivity index (χ4n) is 2.23. The maximum Gasteiger partial charge on any atom is 0.387 e. The SMILES string of the molecule is Cc1cc(C(=O)NCC(O)c2ccco2)cc(C)c1OC(F)F. The first-order chi connectivity index (χ1) is 10.9. The maximum atomic E-state index is 12.3. The zero-order chi connectivity index (χ0) is 17.0. The summed E-state index contributed by atoms with van der Waals surface area (Å²) in [6.45, 7) is 0.216. The summed E-state index contributed by atoms with van der Waals surface area (Å²) in [4.78, 5) is 12.1. The second-order valence-electron chi connectivity index (χ2n) is 5.06. The largest absolute Gasteiger partial charge is 0.467 e. The number of amides is 1. The number of furan rings is 1. The number of aryl methyl sites for hydroxylation is 2. The zero-order valence-electron chi connectivity index (χ0n) is 12.7. The number of halogens is 2. The number of carbonyl (C=O) groups excluding carboxylic acids is 1. The number of alkyl halides is 2. The molecule has 2 rings (SSSR count). The van der Waals surface area contributed by atoms with Crippen LogP contribution in [0.1, 0.15) is 33.3 Å². The lowest BCUT2D eigenvalue weighted by molar-refractivity contribution is -0.0507. The standard InChI is InChI=1S/C16H17F2NO4/c1-9-6-11(7-10(2)14(9)23-16(17)18)15(21)19-8-12(20)13-4-3-5-22-13/h3-7,12,16,20H,8H2,1-2H3,(H,19,21). The molecule has 0 bridgehead atoms. The lowest BCUT2D eigenvalue weighted by atomic mass is 10.0. The molecule has 0 fully saturated rings. The van der Waals surface area contributed by atoms with Crippen molar-refractivity contribution in [2.24, 2.45) is 0 Å². The summed E-state index contributed by atoms with van der Waals surface area (Å²) in [6.07, 6.45) is 0.465. The Morgan fingerprint density at radius 1 is 1.35 bits per heavy atom. The molecule has 1 aromatic heterocycles. The molecule has 0 saturated heterocycles. The number of benzene rings is 1. The van der Waals surface area contributed by atoms with E-state index in [4.69, 9.17) is 4.42 Å². The maximum absolute atomic E-state index is 12.3. The molecule has 0 saturated carbocycles. The molecular formula is C16H17F2NO4. The zero-order valence-corrected chi connectivity index (χ0v) is 12.7. The van der Waals surface area contributed by atoms with E-state index in [1.165, 1.54) is 18.4 Å². The van der Waals surface area contributed by atoms with Crippen LogP contribution in [0, 0.1) is 13.8 Å². The van der Waals surface area contributed by atoms with E-state index in [9.17, 15) is 18.7 Å². The summed E-state index contributed by atoms with van der Waals surface area (Å²) in [7, 11) is 0. The van der Waals surface area contributed by atoms with E-state index in [0.717, 1.165) is 0 Å². The summed E-state index contributed by atoms with van der Waals surface area (Å²) in [5.41, 5.74) is 1.16. The Balaban J connectivity index is 2.05. The topological polar surface area (TPSA) is 71.7 Å². The van der Waals surface area contributed by atoms with Gasteiger partial charge in [0.1, 0.15) is 17.6 Å². The first-order valence-corrected chi connectivity index (χ1v) is 6.94. The summed E-state index contributed by atoms with van der Waals surface area (Å²) in [5, 5.41) is 12.4. The van der Waals surface area contributed by atoms with Crippen LogP contribution in [0.15, 0.2) is 34.9 Å². The molecule has 0 aliphatic carbocycles. The third kappa shape index (κ3) is 4.29. The van der Waals surface area contributed by atoms with Gasteiger partial charge in [0.15, 0.2) is 0 Å².